The molecular formula is C7H3ClF3NO3. The number of aromatic nitrogens is 1. The number of carbonyl (C=O) groups is 1. The number of halogens is 4. The summed E-state index contributed by atoms with van der Waals surface area (Å²) in [5, 5.41) is 7.66. The first-order chi connectivity index (χ1) is 6.80. The first-order valence-electron chi connectivity index (χ1n) is 3.44. The molecule has 1 heterocycles. The minimum atomic E-state index is -4.58. The van der Waals surface area contributed by atoms with Crippen molar-refractivity contribution in [3.63, 3.8) is 0 Å². The van der Waals surface area contributed by atoms with Gasteiger partial charge in [0.05, 0.1) is 5.56 Å². The summed E-state index contributed by atoms with van der Waals surface area (Å²) in [6.45, 7) is 0. The Kier molecular flexibility index (Phi) is 3.04. The molecule has 0 spiro atoms. The van der Waals surface area contributed by atoms with Gasteiger partial charge in [0.2, 0.25) is 5.88 Å². The first-order valence-corrected chi connectivity index (χ1v) is 3.82. The van der Waals surface area contributed by atoms with Gasteiger partial charge in [-0.3, -0.25) is 0 Å². The maximum Gasteiger partial charge on any atom is 0.512 e. The normalized spacial score (nSPS) is 11.2. The van der Waals surface area contributed by atoms with Crippen molar-refractivity contribution < 1.29 is 27.8 Å². The van der Waals surface area contributed by atoms with Gasteiger partial charge in [-0.1, -0.05) is 11.6 Å². The van der Waals surface area contributed by atoms with Crippen molar-refractivity contribution in [1.82, 2.24) is 4.98 Å². The Balaban J connectivity index is 3.03. The van der Waals surface area contributed by atoms with E-state index in [1.807, 2.05) is 0 Å². The topological polar surface area (TPSA) is 59.4 Å². The van der Waals surface area contributed by atoms with Crippen LogP contribution in [0.15, 0.2) is 12.3 Å². The molecule has 0 bridgehead atoms. The van der Waals surface area contributed by atoms with Gasteiger partial charge >= 0.3 is 12.3 Å². The van der Waals surface area contributed by atoms with Gasteiger partial charge in [0.15, 0.2) is 0 Å². The molecule has 1 rings (SSSR count). The molecule has 0 radical (unpaired) electrons. The van der Waals surface area contributed by atoms with Gasteiger partial charge in [-0.05, 0) is 6.07 Å². The van der Waals surface area contributed by atoms with Gasteiger partial charge in [0.1, 0.15) is 5.02 Å². The van der Waals surface area contributed by atoms with E-state index in [2.05, 4.69) is 9.72 Å². The zero-order chi connectivity index (χ0) is 11.6. The quantitative estimate of drug-likeness (QED) is 0.768. The standard InChI is InChI=1S/C7H3ClF3NO3/c8-4-1-3(7(9,10)11)2-12-5(4)15-6(13)14/h1-2H,(H,13,14). The molecule has 0 saturated heterocycles. The molecule has 82 valence electrons. The molecule has 0 aliphatic rings. The second-order valence-electron chi connectivity index (χ2n) is 2.38. The molecule has 0 atom stereocenters. The van der Waals surface area contributed by atoms with Crippen molar-refractivity contribution in [2.45, 2.75) is 6.18 Å². The van der Waals surface area contributed by atoms with Crippen molar-refractivity contribution in [2.24, 2.45) is 0 Å². The van der Waals surface area contributed by atoms with Gasteiger partial charge in [0, 0.05) is 6.20 Å². The van der Waals surface area contributed by atoms with E-state index >= 15 is 0 Å². The fraction of sp³-hybridized carbons (Fsp3) is 0.143. The van der Waals surface area contributed by atoms with E-state index in [-0.39, 0.29) is 0 Å². The number of alkyl halides is 3. The highest BCUT2D eigenvalue weighted by atomic mass is 35.5. The molecule has 0 saturated carbocycles. The zero-order valence-electron chi connectivity index (χ0n) is 6.88. The largest absolute Gasteiger partial charge is 0.512 e. The Morgan fingerprint density at radius 1 is 1.53 bits per heavy atom. The van der Waals surface area contributed by atoms with Crippen molar-refractivity contribution >= 4 is 17.8 Å². The summed E-state index contributed by atoms with van der Waals surface area (Å²) >= 11 is 5.33. The maximum atomic E-state index is 12.1. The lowest BCUT2D eigenvalue weighted by atomic mass is 10.3. The Hall–Kier alpha value is -1.50. The average molecular weight is 242 g/mol. The zero-order valence-corrected chi connectivity index (χ0v) is 7.63. The lowest BCUT2D eigenvalue weighted by molar-refractivity contribution is -0.137. The summed E-state index contributed by atoms with van der Waals surface area (Å²) in [5.41, 5.74) is -1.08. The molecule has 1 aromatic heterocycles. The van der Waals surface area contributed by atoms with Crippen LogP contribution in [0.2, 0.25) is 5.02 Å². The molecule has 15 heavy (non-hydrogen) atoms. The Morgan fingerprint density at radius 2 is 2.13 bits per heavy atom. The molecule has 8 heteroatoms. The third-order valence-electron chi connectivity index (χ3n) is 1.32. The van der Waals surface area contributed by atoms with E-state index in [0.29, 0.717) is 12.3 Å². The molecule has 1 aromatic rings. The van der Waals surface area contributed by atoms with E-state index in [9.17, 15) is 18.0 Å². The summed E-state index contributed by atoms with van der Waals surface area (Å²) in [6, 6.07) is 0.535. The van der Waals surface area contributed by atoms with Crippen LogP contribution in [0.3, 0.4) is 0 Å². The molecular weight excluding hydrogens is 239 g/mol. The molecule has 4 nitrogen and oxygen atoms in total. The third kappa shape index (κ3) is 2.98. The van der Waals surface area contributed by atoms with Crippen LogP contribution < -0.4 is 4.74 Å². The number of rotatable bonds is 1. The number of ether oxygens (including phenoxy) is 1. The molecule has 1 N–H and O–H groups in total. The molecule has 0 aliphatic carbocycles. The van der Waals surface area contributed by atoms with Gasteiger partial charge < -0.3 is 9.84 Å². The lowest BCUT2D eigenvalue weighted by Crippen LogP contribution is -2.08. The molecule has 0 amide bonds. The number of nitrogens with zero attached hydrogens (tertiary/aromatic N) is 1. The van der Waals surface area contributed by atoms with E-state index in [4.69, 9.17) is 16.7 Å². The van der Waals surface area contributed by atoms with Gasteiger partial charge in [-0.2, -0.15) is 13.2 Å². The van der Waals surface area contributed by atoms with Crippen molar-refractivity contribution in [3.8, 4) is 5.88 Å². The number of pyridine rings is 1. The van der Waals surface area contributed by atoms with Crippen molar-refractivity contribution in [3.05, 3.63) is 22.8 Å². The SMILES string of the molecule is O=C(O)Oc1ncc(C(F)(F)F)cc1Cl. The third-order valence-corrected chi connectivity index (χ3v) is 1.59. The highest BCUT2D eigenvalue weighted by molar-refractivity contribution is 6.32. The van der Waals surface area contributed by atoms with E-state index in [0.717, 1.165) is 0 Å². The second kappa shape index (κ2) is 3.93. The molecule has 0 unspecified atom stereocenters. The Morgan fingerprint density at radius 3 is 2.53 bits per heavy atom. The fourth-order valence-electron chi connectivity index (χ4n) is 0.738. The highest BCUT2D eigenvalue weighted by Crippen LogP contribution is 2.32. The van der Waals surface area contributed by atoms with Crippen LogP contribution in [0.25, 0.3) is 0 Å². The number of hydrogen-bond donors (Lipinski definition) is 1. The van der Waals surface area contributed by atoms with Crippen LogP contribution in [-0.4, -0.2) is 16.2 Å². The summed E-state index contributed by atoms with van der Waals surface area (Å²) in [5.74, 6) is -0.586. The minimum Gasteiger partial charge on any atom is -0.449 e. The second-order valence-corrected chi connectivity index (χ2v) is 2.78. The Labute approximate surface area is 86.3 Å². The monoisotopic (exact) mass is 241 g/mol. The summed E-state index contributed by atoms with van der Waals surface area (Å²) in [4.78, 5) is 13.2. The smallest absolute Gasteiger partial charge is 0.449 e. The number of carboxylic acid groups (broad SMARTS) is 1. The fourth-order valence-corrected chi connectivity index (χ4v) is 0.943. The molecule has 0 aliphatic heterocycles. The van der Waals surface area contributed by atoms with E-state index < -0.39 is 28.8 Å². The maximum absolute atomic E-state index is 12.1. The van der Waals surface area contributed by atoms with Crippen LogP contribution in [-0.2, 0) is 6.18 Å². The Bertz CT molecular complexity index is 394. The lowest BCUT2D eigenvalue weighted by Gasteiger charge is -2.07. The van der Waals surface area contributed by atoms with Crippen LogP contribution >= 0.6 is 11.6 Å². The van der Waals surface area contributed by atoms with Crippen molar-refractivity contribution in [1.29, 1.82) is 0 Å². The van der Waals surface area contributed by atoms with Gasteiger partial charge in [-0.15, -0.1) is 0 Å². The van der Waals surface area contributed by atoms with E-state index in [1.54, 1.807) is 0 Å². The van der Waals surface area contributed by atoms with Gasteiger partial charge in [0.25, 0.3) is 0 Å². The predicted molar refractivity (Wildman–Crippen MR) is 42.9 cm³/mol. The summed E-state index contributed by atoms with van der Waals surface area (Å²) < 4.78 is 40.3. The van der Waals surface area contributed by atoms with Crippen LogP contribution in [0.1, 0.15) is 5.56 Å². The highest BCUT2D eigenvalue weighted by Gasteiger charge is 2.31. The van der Waals surface area contributed by atoms with Gasteiger partial charge in [-0.25, -0.2) is 9.78 Å². The van der Waals surface area contributed by atoms with Crippen LogP contribution in [0.4, 0.5) is 18.0 Å². The summed E-state index contributed by atoms with van der Waals surface area (Å²) in [7, 11) is 0. The summed E-state index contributed by atoms with van der Waals surface area (Å²) in [6.07, 6.45) is -5.85. The first kappa shape index (κ1) is 11.6. The van der Waals surface area contributed by atoms with Crippen molar-refractivity contribution in [2.75, 3.05) is 0 Å². The predicted octanol–water partition coefficient (Wildman–Crippen LogP) is 2.81. The van der Waals surface area contributed by atoms with E-state index in [1.165, 1.54) is 0 Å². The average Bonchev–Trinajstić information content (AvgIpc) is 2.05. The molecule has 0 aromatic carbocycles. The number of hydrogen-bond acceptors (Lipinski definition) is 3. The van der Waals surface area contributed by atoms with Crippen LogP contribution in [0.5, 0.6) is 5.88 Å². The van der Waals surface area contributed by atoms with Crippen LogP contribution in [0, 0.1) is 0 Å². The minimum absolute atomic E-state index is 0.435. The molecule has 0 fully saturated rings.